The lowest BCUT2D eigenvalue weighted by molar-refractivity contribution is 0.627. The van der Waals surface area contributed by atoms with Crippen LogP contribution in [0.5, 0.6) is 0 Å². The molecule has 3 nitrogen and oxygen atoms in total. The van der Waals surface area contributed by atoms with E-state index in [0.29, 0.717) is 10.3 Å². The summed E-state index contributed by atoms with van der Waals surface area (Å²) in [7, 11) is 1.80. The van der Waals surface area contributed by atoms with Crippen molar-refractivity contribution in [1.82, 2.24) is 9.78 Å². The van der Waals surface area contributed by atoms with Gasteiger partial charge in [0.15, 0.2) is 0 Å². The summed E-state index contributed by atoms with van der Waals surface area (Å²) >= 11 is 3.29. The number of benzene rings is 1. The minimum atomic E-state index is -0.286. The van der Waals surface area contributed by atoms with Crippen molar-refractivity contribution in [3.8, 4) is 11.3 Å². The molecule has 0 amide bonds. The van der Waals surface area contributed by atoms with E-state index in [-0.39, 0.29) is 5.82 Å². The maximum Gasteiger partial charge on any atom is 0.125 e. The van der Waals surface area contributed by atoms with E-state index < -0.39 is 0 Å². The van der Waals surface area contributed by atoms with Crippen molar-refractivity contribution in [1.29, 1.82) is 0 Å². The summed E-state index contributed by atoms with van der Waals surface area (Å²) in [6.45, 7) is 2.08. The second kappa shape index (κ2) is 5.10. The van der Waals surface area contributed by atoms with Crippen molar-refractivity contribution in [3.63, 3.8) is 0 Å². The second-order valence-corrected chi connectivity index (χ2v) is 5.16. The van der Waals surface area contributed by atoms with Crippen molar-refractivity contribution < 1.29 is 4.39 Å². The number of aromatic nitrogens is 2. The summed E-state index contributed by atoms with van der Waals surface area (Å²) in [6, 6.07) is 4.75. The first kappa shape index (κ1) is 13.1. The lowest BCUT2D eigenvalue weighted by Crippen LogP contribution is -1.99. The molecule has 0 bridgehead atoms. The SMILES string of the molecule is CCCc1c(-c2cc(F)cc(Br)c2)nn(C)c1N. The molecule has 96 valence electrons. The number of nitrogens with zero attached hydrogens (tertiary/aromatic N) is 2. The summed E-state index contributed by atoms with van der Waals surface area (Å²) in [5.74, 6) is 0.360. The molecule has 0 saturated heterocycles. The van der Waals surface area contributed by atoms with Gasteiger partial charge in [0, 0.05) is 22.6 Å². The highest BCUT2D eigenvalue weighted by molar-refractivity contribution is 9.10. The number of nitrogen functional groups attached to an aromatic ring is 1. The maximum absolute atomic E-state index is 13.4. The molecule has 5 heteroatoms. The first-order valence-corrected chi connectivity index (χ1v) is 6.60. The highest BCUT2D eigenvalue weighted by atomic mass is 79.9. The summed E-state index contributed by atoms with van der Waals surface area (Å²) in [6.07, 6.45) is 1.81. The molecule has 0 aliphatic rings. The van der Waals surface area contributed by atoms with Gasteiger partial charge in [0.25, 0.3) is 0 Å². The second-order valence-electron chi connectivity index (χ2n) is 4.24. The number of rotatable bonds is 3. The third-order valence-corrected chi connectivity index (χ3v) is 3.29. The van der Waals surface area contributed by atoms with Crippen LogP contribution in [-0.4, -0.2) is 9.78 Å². The van der Waals surface area contributed by atoms with Crippen LogP contribution in [0.25, 0.3) is 11.3 Å². The Morgan fingerprint density at radius 2 is 2.11 bits per heavy atom. The highest BCUT2D eigenvalue weighted by Crippen LogP contribution is 2.30. The van der Waals surface area contributed by atoms with Crippen LogP contribution >= 0.6 is 15.9 Å². The fraction of sp³-hybridized carbons (Fsp3) is 0.308. The van der Waals surface area contributed by atoms with Gasteiger partial charge in [-0.15, -0.1) is 0 Å². The number of anilines is 1. The van der Waals surface area contributed by atoms with E-state index in [1.54, 1.807) is 11.7 Å². The van der Waals surface area contributed by atoms with Gasteiger partial charge in [0.05, 0.1) is 5.69 Å². The number of aryl methyl sites for hydroxylation is 1. The zero-order valence-corrected chi connectivity index (χ0v) is 12.0. The molecule has 1 aromatic carbocycles. The molecule has 1 heterocycles. The molecule has 0 atom stereocenters. The normalized spacial score (nSPS) is 10.9. The van der Waals surface area contributed by atoms with Crippen molar-refractivity contribution in [2.24, 2.45) is 7.05 Å². The number of nitrogens with two attached hydrogens (primary N) is 1. The van der Waals surface area contributed by atoms with E-state index in [1.807, 2.05) is 6.07 Å². The lowest BCUT2D eigenvalue weighted by Gasteiger charge is -2.03. The Morgan fingerprint density at radius 1 is 1.39 bits per heavy atom. The fourth-order valence-electron chi connectivity index (χ4n) is 2.00. The van der Waals surface area contributed by atoms with E-state index in [4.69, 9.17) is 5.73 Å². The Balaban J connectivity index is 2.59. The molecule has 2 aromatic rings. The first-order chi connectivity index (χ1) is 8.52. The predicted molar refractivity (Wildman–Crippen MR) is 74.7 cm³/mol. The zero-order valence-electron chi connectivity index (χ0n) is 10.4. The molecule has 18 heavy (non-hydrogen) atoms. The van der Waals surface area contributed by atoms with Gasteiger partial charge in [-0.1, -0.05) is 29.3 Å². The maximum atomic E-state index is 13.4. The average Bonchev–Trinajstić information content (AvgIpc) is 2.56. The van der Waals surface area contributed by atoms with Gasteiger partial charge < -0.3 is 5.73 Å². The number of hydrogen-bond acceptors (Lipinski definition) is 2. The predicted octanol–water partition coefficient (Wildman–Crippen LogP) is 3.52. The van der Waals surface area contributed by atoms with Gasteiger partial charge in [0.1, 0.15) is 11.6 Å². The number of hydrogen-bond donors (Lipinski definition) is 1. The Morgan fingerprint density at radius 3 is 2.72 bits per heavy atom. The quantitative estimate of drug-likeness (QED) is 0.942. The molecule has 0 unspecified atom stereocenters. The Labute approximate surface area is 114 Å². The molecular weight excluding hydrogens is 297 g/mol. The molecule has 1 aromatic heterocycles. The molecule has 2 N–H and O–H groups in total. The van der Waals surface area contributed by atoms with Crippen molar-refractivity contribution in [2.75, 3.05) is 5.73 Å². The van der Waals surface area contributed by atoms with Gasteiger partial charge >= 0.3 is 0 Å². The van der Waals surface area contributed by atoms with Crippen molar-refractivity contribution >= 4 is 21.7 Å². The van der Waals surface area contributed by atoms with Crippen LogP contribution in [0.15, 0.2) is 22.7 Å². The van der Waals surface area contributed by atoms with E-state index in [2.05, 4.69) is 28.0 Å². The summed E-state index contributed by atoms with van der Waals surface area (Å²) in [4.78, 5) is 0. The Kier molecular flexibility index (Phi) is 3.71. The van der Waals surface area contributed by atoms with Crippen molar-refractivity contribution in [3.05, 3.63) is 34.1 Å². The van der Waals surface area contributed by atoms with Crippen LogP contribution in [-0.2, 0) is 13.5 Å². The minimum absolute atomic E-state index is 0.286. The highest BCUT2D eigenvalue weighted by Gasteiger charge is 2.15. The van der Waals surface area contributed by atoms with E-state index in [0.717, 1.165) is 29.7 Å². The zero-order chi connectivity index (χ0) is 13.3. The topological polar surface area (TPSA) is 43.8 Å². The van der Waals surface area contributed by atoms with Crippen LogP contribution in [0.4, 0.5) is 10.2 Å². The van der Waals surface area contributed by atoms with E-state index in [1.165, 1.54) is 12.1 Å². The van der Waals surface area contributed by atoms with Crippen molar-refractivity contribution in [2.45, 2.75) is 19.8 Å². The minimum Gasteiger partial charge on any atom is -0.384 e. The summed E-state index contributed by atoms with van der Waals surface area (Å²) in [5.41, 5.74) is 8.49. The third kappa shape index (κ3) is 2.41. The van der Waals surface area contributed by atoms with Crippen LogP contribution in [0.3, 0.4) is 0 Å². The monoisotopic (exact) mass is 311 g/mol. The Bertz CT molecular complexity index is 558. The molecule has 0 aliphatic carbocycles. The molecular formula is C13H15BrFN3. The largest absolute Gasteiger partial charge is 0.384 e. The molecule has 2 rings (SSSR count). The summed E-state index contributed by atoms with van der Waals surface area (Å²) < 4.78 is 15.8. The standard InChI is InChI=1S/C13H15BrFN3/c1-3-4-11-12(17-18(2)13(11)16)8-5-9(14)7-10(15)6-8/h5-7H,3-4,16H2,1-2H3. The first-order valence-electron chi connectivity index (χ1n) is 5.80. The van der Waals surface area contributed by atoms with Crippen LogP contribution in [0.1, 0.15) is 18.9 Å². The average molecular weight is 312 g/mol. The van der Waals surface area contributed by atoms with Gasteiger partial charge in [-0.05, 0) is 24.6 Å². The molecule has 0 spiro atoms. The molecule has 0 fully saturated rings. The summed E-state index contributed by atoms with van der Waals surface area (Å²) in [5, 5.41) is 4.39. The smallest absolute Gasteiger partial charge is 0.125 e. The van der Waals surface area contributed by atoms with Gasteiger partial charge in [-0.2, -0.15) is 5.10 Å². The van der Waals surface area contributed by atoms with Gasteiger partial charge in [-0.25, -0.2) is 4.39 Å². The van der Waals surface area contributed by atoms with E-state index in [9.17, 15) is 4.39 Å². The molecule has 0 saturated carbocycles. The molecule has 0 aliphatic heterocycles. The Hall–Kier alpha value is -1.36. The van der Waals surface area contributed by atoms with Crippen LogP contribution in [0.2, 0.25) is 0 Å². The van der Waals surface area contributed by atoms with Gasteiger partial charge in [0.2, 0.25) is 0 Å². The third-order valence-electron chi connectivity index (χ3n) is 2.83. The number of halogens is 2. The lowest BCUT2D eigenvalue weighted by atomic mass is 10.0. The molecule has 0 radical (unpaired) electrons. The fourth-order valence-corrected chi connectivity index (χ4v) is 2.47. The van der Waals surface area contributed by atoms with E-state index >= 15 is 0 Å². The van der Waals surface area contributed by atoms with Crippen LogP contribution in [0, 0.1) is 5.82 Å². The van der Waals surface area contributed by atoms with Gasteiger partial charge in [-0.3, -0.25) is 4.68 Å². The van der Waals surface area contributed by atoms with Crippen LogP contribution < -0.4 is 5.73 Å².